The van der Waals surface area contributed by atoms with Gasteiger partial charge in [-0.15, -0.1) is 5.72 Å². The zero-order valence-corrected chi connectivity index (χ0v) is 3.89. The summed E-state index contributed by atoms with van der Waals surface area (Å²) in [6, 6.07) is 0. The fourth-order valence-corrected chi connectivity index (χ4v) is 0. The molecule has 6 heavy (non-hydrogen) atoms. The minimum atomic E-state index is -0.370. The number of hydrogen-bond donors (Lipinski definition) is 0. The Bertz CT molecular complexity index is 27.0. The third-order valence-electron chi connectivity index (χ3n) is 0.607. The summed E-state index contributed by atoms with van der Waals surface area (Å²) in [6.45, 7) is 1.77. The highest BCUT2D eigenvalue weighted by Crippen LogP contribution is 2.09. The van der Waals surface area contributed by atoms with Crippen molar-refractivity contribution in [3.63, 3.8) is 0 Å². The van der Waals surface area contributed by atoms with Crippen molar-refractivity contribution in [2.24, 2.45) is 0 Å². The van der Waals surface area contributed by atoms with Gasteiger partial charge in [0.25, 0.3) is 0 Å². The molecule has 0 rings (SSSR count). The summed E-state index contributed by atoms with van der Waals surface area (Å²) in [5.41, 5.74) is -0.370. The molecule has 0 heterocycles. The quantitative estimate of drug-likeness (QED) is 0.385. The van der Waals surface area contributed by atoms with Crippen molar-refractivity contribution in [2.75, 3.05) is 0 Å². The first-order chi connectivity index (χ1) is 2.64. The highest BCUT2D eigenvalue weighted by atomic mass is 13.8. The van der Waals surface area contributed by atoms with E-state index in [1.54, 1.807) is 6.92 Å². The van der Waals surface area contributed by atoms with Crippen LogP contribution in [-0.4, -0.2) is 23.5 Å². The molecule has 0 amide bonds. The van der Waals surface area contributed by atoms with Crippen molar-refractivity contribution >= 4 is 23.5 Å². The SMILES string of the molecule is [B]C([B])C([B])C. The van der Waals surface area contributed by atoms with E-state index in [4.69, 9.17) is 23.5 Å². The molecule has 0 aliphatic rings. The Labute approximate surface area is 42.9 Å². The van der Waals surface area contributed by atoms with Crippen LogP contribution in [0.4, 0.5) is 0 Å². The van der Waals surface area contributed by atoms with Gasteiger partial charge in [0.05, 0.1) is 23.5 Å². The van der Waals surface area contributed by atoms with E-state index in [1.165, 1.54) is 0 Å². The highest BCUT2D eigenvalue weighted by molar-refractivity contribution is 6.39. The van der Waals surface area contributed by atoms with E-state index in [0.29, 0.717) is 0 Å². The van der Waals surface area contributed by atoms with E-state index in [9.17, 15) is 0 Å². The molecule has 0 spiro atoms. The van der Waals surface area contributed by atoms with Gasteiger partial charge in [0.1, 0.15) is 0 Å². The van der Waals surface area contributed by atoms with Crippen molar-refractivity contribution in [1.29, 1.82) is 0 Å². The molecule has 6 radical (unpaired) electrons. The lowest BCUT2D eigenvalue weighted by atomic mass is 9.58. The molecule has 26 valence electrons. The van der Waals surface area contributed by atoms with E-state index in [0.717, 1.165) is 0 Å². The molecular weight excluding hydrogens is 68.5 g/mol. The van der Waals surface area contributed by atoms with Crippen LogP contribution in [0, 0.1) is 0 Å². The van der Waals surface area contributed by atoms with Crippen molar-refractivity contribution in [1.82, 2.24) is 0 Å². The van der Waals surface area contributed by atoms with Crippen LogP contribution in [0.15, 0.2) is 0 Å². The van der Waals surface area contributed by atoms with Gasteiger partial charge in [-0.1, -0.05) is 12.7 Å². The molecule has 0 fully saturated rings. The minimum absolute atomic E-state index is 0.0926. The second kappa shape index (κ2) is 2.38. The second-order valence-corrected chi connectivity index (χ2v) is 1.44. The molecule has 0 bridgehead atoms. The Kier molecular flexibility index (Phi) is 2.46. The fraction of sp³-hybridized carbons (Fsp3) is 1.00. The van der Waals surface area contributed by atoms with E-state index in [-0.39, 0.29) is 11.5 Å². The lowest BCUT2D eigenvalue weighted by molar-refractivity contribution is 1.02. The Morgan fingerprint density at radius 3 is 1.33 bits per heavy atom. The average molecular weight is 73.5 g/mol. The van der Waals surface area contributed by atoms with Crippen molar-refractivity contribution in [2.45, 2.75) is 18.5 Å². The van der Waals surface area contributed by atoms with Gasteiger partial charge in [0.15, 0.2) is 0 Å². The van der Waals surface area contributed by atoms with Gasteiger partial charge < -0.3 is 0 Å². The Morgan fingerprint density at radius 1 is 1.17 bits per heavy atom. The predicted octanol–water partition coefficient (Wildman–Crippen LogP) is 0.0463. The molecule has 0 aromatic heterocycles. The van der Waals surface area contributed by atoms with Crippen LogP contribution in [0.1, 0.15) is 6.92 Å². The summed E-state index contributed by atoms with van der Waals surface area (Å²) in [5, 5.41) is 0. The van der Waals surface area contributed by atoms with Gasteiger partial charge in [0.2, 0.25) is 0 Å². The van der Waals surface area contributed by atoms with Gasteiger partial charge in [-0.3, -0.25) is 0 Å². The van der Waals surface area contributed by atoms with E-state index in [1.807, 2.05) is 0 Å². The minimum Gasteiger partial charge on any atom is -0.115 e. The first kappa shape index (κ1) is 6.19. The third-order valence-corrected chi connectivity index (χ3v) is 0.607. The molecule has 3 heteroatoms. The first-order valence-electron chi connectivity index (χ1n) is 1.91. The summed E-state index contributed by atoms with van der Waals surface area (Å²) < 4.78 is 0. The van der Waals surface area contributed by atoms with Crippen LogP contribution in [0.3, 0.4) is 0 Å². The first-order valence-corrected chi connectivity index (χ1v) is 1.91. The van der Waals surface area contributed by atoms with Crippen molar-refractivity contribution < 1.29 is 0 Å². The number of rotatable bonds is 1. The molecule has 0 aliphatic heterocycles. The van der Waals surface area contributed by atoms with E-state index >= 15 is 0 Å². The van der Waals surface area contributed by atoms with Crippen molar-refractivity contribution in [3.05, 3.63) is 0 Å². The summed E-state index contributed by atoms with van der Waals surface area (Å²) >= 11 is 0. The van der Waals surface area contributed by atoms with Gasteiger partial charge in [-0.25, -0.2) is 0 Å². The maximum Gasteiger partial charge on any atom is 0.0679 e. The molecule has 0 aromatic rings. The summed E-state index contributed by atoms with van der Waals surface area (Å²) in [7, 11) is 15.4. The maximum atomic E-state index is 5.19. The van der Waals surface area contributed by atoms with Gasteiger partial charge in [0, 0.05) is 0 Å². The molecule has 0 nitrogen and oxygen atoms in total. The molecule has 0 aromatic carbocycles. The van der Waals surface area contributed by atoms with Crippen LogP contribution >= 0.6 is 0 Å². The molecule has 1 atom stereocenters. The van der Waals surface area contributed by atoms with E-state index < -0.39 is 0 Å². The fourth-order valence-electron chi connectivity index (χ4n) is 0. The molecule has 0 aliphatic carbocycles. The topological polar surface area (TPSA) is 0 Å². The van der Waals surface area contributed by atoms with Crippen molar-refractivity contribution in [3.8, 4) is 0 Å². The molecule has 0 saturated heterocycles. The average Bonchev–Trinajstić information content (AvgIpc) is 1.36. The second-order valence-electron chi connectivity index (χ2n) is 1.44. The summed E-state index contributed by atoms with van der Waals surface area (Å²) in [6.07, 6.45) is 0. The van der Waals surface area contributed by atoms with Gasteiger partial charge in [-0.05, 0) is 0 Å². The Balaban J connectivity index is 2.99. The molecule has 0 N–H and O–H groups in total. The molecule has 0 saturated carbocycles. The molecular formula is C3H5B3. The van der Waals surface area contributed by atoms with Crippen LogP contribution < -0.4 is 0 Å². The zero-order valence-electron chi connectivity index (χ0n) is 3.89. The lowest BCUT2D eigenvalue weighted by Gasteiger charge is -2.06. The van der Waals surface area contributed by atoms with Crippen LogP contribution in [-0.2, 0) is 0 Å². The molecule has 1 unspecified atom stereocenters. The van der Waals surface area contributed by atoms with Gasteiger partial charge >= 0.3 is 0 Å². The van der Waals surface area contributed by atoms with Crippen LogP contribution in [0.25, 0.3) is 0 Å². The third kappa shape index (κ3) is 2.43. The smallest absolute Gasteiger partial charge is 0.0679 e. The maximum absolute atomic E-state index is 5.19. The largest absolute Gasteiger partial charge is 0.115 e. The van der Waals surface area contributed by atoms with Gasteiger partial charge in [-0.2, -0.15) is 0 Å². The van der Waals surface area contributed by atoms with E-state index in [2.05, 4.69) is 0 Å². The summed E-state index contributed by atoms with van der Waals surface area (Å²) in [5.74, 6) is -0.0926. The number of hydrogen-bond acceptors (Lipinski definition) is 0. The summed E-state index contributed by atoms with van der Waals surface area (Å²) in [4.78, 5) is 0. The monoisotopic (exact) mass is 74.1 g/mol. The predicted molar refractivity (Wildman–Crippen MR) is 30.4 cm³/mol. The highest BCUT2D eigenvalue weighted by Gasteiger charge is 1.94. The lowest BCUT2D eigenvalue weighted by Crippen LogP contribution is -1.97. The standard InChI is InChI=1S/C3H5B3/c1-2(4)3(5)6/h2-3H,1H3. The Hall–Kier alpha value is 0.195. The Morgan fingerprint density at radius 2 is 1.33 bits per heavy atom. The normalized spacial score (nSPS) is 15.0. The van der Waals surface area contributed by atoms with Crippen LogP contribution in [0.5, 0.6) is 0 Å². The van der Waals surface area contributed by atoms with Crippen LogP contribution in [0.2, 0.25) is 11.5 Å². The zero-order chi connectivity index (χ0) is 5.15.